The minimum absolute atomic E-state index is 0.196. The van der Waals surface area contributed by atoms with Crippen molar-refractivity contribution in [1.29, 1.82) is 5.26 Å². The van der Waals surface area contributed by atoms with Crippen molar-refractivity contribution in [3.05, 3.63) is 58.6 Å². The number of benzene rings is 2. The highest BCUT2D eigenvalue weighted by Crippen LogP contribution is 2.23. The fourth-order valence-electron chi connectivity index (χ4n) is 2.48. The number of ether oxygens (including phenoxy) is 2. The van der Waals surface area contributed by atoms with Gasteiger partial charge < -0.3 is 14.4 Å². The first-order valence-electron chi connectivity index (χ1n) is 8.79. The number of esters is 1. The lowest BCUT2D eigenvalue weighted by molar-refractivity contribution is -0.120. The van der Waals surface area contributed by atoms with Gasteiger partial charge in [-0.1, -0.05) is 11.6 Å². The van der Waals surface area contributed by atoms with Crippen molar-refractivity contribution in [3.63, 3.8) is 0 Å². The summed E-state index contributed by atoms with van der Waals surface area (Å²) < 4.78 is 10.5. The van der Waals surface area contributed by atoms with E-state index < -0.39 is 5.97 Å². The molecule has 0 aromatic heterocycles. The smallest absolute Gasteiger partial charge is 0.338 e. The maximum Gasteiger partial charge on any atom is 0.338 e. The predicted octanol–water partition coefficient (Wildman–Crippen LogP) is 4.15. The van der Waals surface area contributed by atoms with Crippen molar-refractivity contribution >= 4 is 29.2 Å². The summed E-state index contributed by atoms with van der Waals surface area (Å²) >= 11 is 6.05. The molecule has 0 radical (unpaired) electrons. The van der Waals surface area contributed by atoms with Crippen LogP contribution in [0.2, 0.25) is 5.02 Å². The third-order valence-electron chi connectivity index (χ3n) is 3.93. The van der Waals surface area contributed by atoms with E-state index in [1.807, 2.05) is 13.0 Å². The largest absolute Gasteiger partial charge is 0.484 e. The number of aryl methyl sites for hydroxylation is 1. The number of hydrogen-bond donors (Lipinski definition) is 0. The molecule has 0 saturated carbocycles. The van der Waals surface area contributed by atoms with Crippen molar-refractivity contribution < 1.29 is 19.1 Å². The van der Waals surface area contributed by atoms with Gasteiger partial charge in [-0.15, -0.1) is 0 Å². The van der Waals surface area contributed by atoms with Crippen molar-refractivity contribution in [1.82, 2.24) is 0 Å². The van der Waals surface area contributed by atoms with Crippen LogP contribution in [0.3, 0.4) is 0 Å². The van der Waals surface area contributed by atoms with Gasteiger partial charge in [0.05, 0.1) is 24.7 Å². The zero-order valence-electron chi connectivity index (χ0n) is 15.8. The minimum Gasteiger partial charge on any atom is -0.484 e. The maximum atomic E-state index is 12.7. The molecule has 0 N–H and O–H groups in total. The molecule has 0 saturated heterocycles. The van der Waals surface area contributed by atoms with Gasteiger partial charge in [0.2, 0.25) is 0 Å². The number of nitrogens with zero attached hydrogens (tertiary/aromatic N) is 2. The number of anilines is 1. The quantitative estimate of drug-likeness (QED) is 0.622. The molecule has 0 fully saturated rings. The molecular weight excluding hydrogens is 380 g/mol. The normalized spacial score (nSPS) is 10.1. The van der Waals surface area contributed by atoms with Gasteiger partial charge in [0, 0.05) is 17.3 Å². The van der Waals surface area contributed by atoms with Crippen LogP contribution in [-0.4, -0.2) is 31.6 Å². The van der Waals surface area contributed by atoms with Gasteiger partial charge in [0.25, 0.3) is 5.91 Å². The second-order valence-corrected chi connectivity index (χ2v) is 6.33. The molecule has 0 atom stereocenters. The van der Waals surface area contributed by atoms with Gasteiger partial charge in [0.15, 0.2) is 6.61 Å². The van der Waals surface area contributed by atoms with Crippen LogP contribution in [0, 0.1) is 18.3 Å². The molecule has 2 aromatic rings. The molecule has 6 nitrogen and oxygen atoms in total. The summed E-state index contributed by atoms with van der Waals surface area (Å²) in [5.74, 6) is -0.244. The molecule has 1 amide bonds. The Kier molecular flexibility index (Phi) is 7.85. The molecular formula is C21H21ClN2O4. The van der Waals surface area contributed by atoms with Crippen molar-refractivity contribution in [3.8, 4) is 11.8 Å². The van der Waals surface area contributed by atoms with E-state index in [0.29, 0.717) is 28.6 Å². The first kappa shape index (κ1) is 21.3. The average molecular weight is 401 g/mol. The van der Waals surface area contributed by atoms with Crippen LogP contribution < -0.4 is 9.64 Å². The third kappa shape index (κ3) is 5.73. The Balaban J connectivity index is 2.06. The summed E-state index contributed by atoms with van der Waals surface area (Å²) in [5.41, 5.74) is 1.90. The first-order chi connectivity index (χ1) is 13.5. The predicted molar refractivity (Wildman–Crippen MR) is 107 cm³/mol. The molecule has 0 aliphatic heterocycles. The molecule has 0 unspecified atom stereocenters. The van der Waals surface area contributed by atoms with E-state index >= 15 is 0 Å². The summed E-state index contributed by atoms with van der Waals surface area (Å²) in [6.07, 6.45) is 0.196. The Morgan fingerprint density at radius 3 is 2.50 bits per heavy atom. The van der Waals surface area contributed by atoms with Gasteiger partial charge >= 0.3 is 5.97 Å². The number of rotatable bonds is 8. The SMILES string of the molecule is CCOC(=O)c1ccc(OCC(=O)N(CCC#N)c2ccc(Cl)c(C)c2)cc1. The Hall–Kier alpha value is -3.04. The molecule has 28 heavy (non-hydrogen) atoms. The topological polar surface area (TPSA) is 79.6 Å². The number of amides is 1. The van der Waals surface area contributed by atoms with E-state index in [1.165, 1.54) is 4.90 Å². The highest BCUT2D eigenvalue weighted by atomic mass is 35.5. The van der Waals surface area contributed by atoms with Crippen LogP contribution in [0.4, 0.5) is 5.69 Å². The lowest BCUT2D eigenvalue weighted by atomic mass is 10.2. The average Bonchev–Trinajstić information content (AvgIpc) is 2.69. The van der Waals surface area contributed by atoms with E-state index in [2.05, 4.69) is 0 Å². The van der Waals surface area contributed by atoms with Gasteiger partial charge in [0.1, 0.15) is 5.75 Å². The van der Waals surface area contributed by atoms with Gasteiger partial charge in [-0.25, -0.2) is 4.79 Å². The molecule has 0 aliphatic carbocycles. The second-order valence-electron chi connectivity index (χ2n) is 5.92. The van der Waals surface area contributed by atoms with E-state index in [1.54, 1.807) is 49.4 Å². The van der Waals surface area contributed by atoms with E-state index in [9.17, 15) is 9.59 Å². The zero-order chi connectivity index (χ0) is 20.5. The standard InChI is InChI=1S/C21H21ClN2O4/c1-3-27-21(26)16-5-8-18(9-6-16)28-14-20(25)24(12-4-11-23)17-7-10-19(22)15(2)13-17/h5-10,13H,3-4,12,14H2,1-2H3. The molecule has 0 bridgehead atoms. The lowest BCUT2D eigenvalue weighted by Gasteiger charge is -2.22. The maximum absolute atomic E-state index is 12.7. The summed E-state index contributed by atoms with van der Waals surface area (Å²) in [4.78, 5) is 25.8. The summed E-state index contributed by atoms with van der Waals surface area (Å²) in [6, 6.07) is 13.7. The Morgan fingerprint density at radius 1 is 1.18 bits per heavy atom. The fraction of sp³-hybridized carbons (Fsp3) is 0.286. The molecule has 0 aliphatic rings. The molecule has 2 rings (SSSR count). The van der Waals surface area contributed by atoms with E-state index in [0.717, 1.165) is 5.56 Å². The van der Waals surface area contributed by atoms with Gasteiger partial charge in [-0.3, -0.25) is 4.79 Å². The number of carbonyl (C=O) groups excluding carboxylic acids is 2. The number of halogens is 1. The number of nitriles is 1. The number of carbonyl (C=O) groups is 2. The van der Waals surface area contributed by atoms with Crippen molar-refractivity contribution in [2.75, 3.05) is 24.7 Å². The third-order valence-corrected chi connectivity index (χ3v) is 4.35. The van der Waals surface area contributed by atoms with Crippen LogP contribution >= 0.6 is 11.6 Å². The van der Waals surface area contributed by atoms with Crippen LogP contribution in [0.5, 0.6) is 5.75 Å². The molecule has 2 aromatic carbocycles. The summed E-state index contributed by atoms with van der Waals surface area (Å²) in [5, 5.41) is 9.49. The van der Waals surface area contributed by atoms with Crippen molar-refractivity contribution in [2.45, 2.75) is 20.3 Å². The zero-order valence-corrected chi connectivity index (χ0v) is 16.5. The van der Waals surface area contributed by atoms with Gasteiger partial charge in [-0.05, 0) is 61.9 Å². The van der Waals surface area contributed by atoms with E-state index in [-0.39, 0.29) is 25.5 Å². The molecule has 0 spiro atoms. The highest BCUT2D eigenvalue weighted by Gasteiger charge is 2.17. The van der Waals surface area contributed by atoms with Crippen LogP contribution in [0.15, 0.2) is 42.5 Å². The van der Waals surface area contributed by atoms with Crippen LogP contribution in [0.1, 0.15) is 29.3 Å². The minimum atomic E-state index is -0.411. The Morgan fingerprint density at radius 2 is 1.89 bits per heavy atom. The van der Waals surface area contributed by atoms with E-state index in [4.69, 9.17) is 26.3 Å². The molecule has 7 heteroatoms. The summed E-state index contributed by atoms with van der Waals surface area (Å²) in [6.45, 7) is 3.93. The van der Waals surface area contributed by atoms with Crippen LogP contribution in [-0.2, 0) is 9.53 Å². The Labute approximate surface area is 169 Å². The summed E-state index contributed by atoms with van der Waals surface area (Å²) in [7, 11) is 0. The highest BCUT2D eigenvalue weighted by molar-refractivity contribution is 6.31. The first-order valence-corrected chi connectivity index (χ1v) is 9.17. The number of hydrogen-bond acceptors (Lipinski definition) is 5. The fourth-order valence-corrected chi connectivity index (χ4v) is 2.60. The lowest BCUT2D eigenvalue weighted by Crippen LogP contribution is -2.35. The van der Waals surface area contributed by atoms with Gasteiger partial charge in [-0.2, -0.15) is 5.26 Å². The molecule has 146 valence electrons. The second kappa shape index (κ2) is 10.3. The Bertz CT molecular complexity index is 875. The molecule has 0 heterocycles. The van der Waals surface area contributed by atoms with Crippen molar-refractivity contribution in [2.24, 2.45) is 0 Å². The monoisotopic (exact) mass is 400 g/mol. The van der Waals surface area contributed by atoms with Crippen LogP contribution in [0.25, 0.3) is 0 Å².